The molecule has 1 amide bonds. The summed E-state index contributed by atoms with van der Waals surface area (Å²) in [5, 5.41) is 7.47. The number of hydrogen-bond acceptors (Lipinski definition) is 4. The van der Waals surface area contributed by atoms with Gasteiger partial charge in [-0.25, -0.2) is 13.1 Å². The number of aromatic nitrogens is 2. The highest BCUT2D eigenvalue weighted by atomic mass is 35.5. The van der Waals surface area contributed by atoms with Gasteiger partial charge in [0.15, 0.2) is 9.84 Å². The molecule has 1 aliphatic heterocycles. The highest BCUT2D eigenvalue weighted by molar-refractivity contribution is 7.91. The molecular formula is C18H22ClN3O3S. The van der Waals surface area contributed by atoms with Crippen molar-refractivity contribution in [2.75, 3.05) is 11.5 Å². The highest BCUT2D eigenvalue weighted by Crippen LogP contribution is 2.26. The molecular weight excluding hydrogens is 374 g/mol. The van der Waals surface area contributed by atoms with Crippen LogP contribution in [0.3, 0.4) is 0 Å². The number of nitrogens with zero attached hydrogens (tertiary/aromatic N) is 2. The summed E-state index contributed by atoms with van der Waals surface area (Å²) in [6.45, 7) is 5.94. The third kappa shape index (κ3) is 3.94. The van der Waals surface area contributed by atoms with E-state index in [-0.39, 0.29) is 22.6 Å². The van der Waals surface area contributed by atoms with Crippen LogP contribution in [0.4, 0.5) is 0 Å². The maximum Gasteiger partial charge on any atom is 0.256 e. The third-order valence-corrected chi connectivity index (χ3v) is 6.95. The van der Waals surface area contributed by atoms with Crippen molar-refractivity contribution in [1.82, 2.24) is 15.1 Å². The number of sulfone groups is 1. The molecule has 2 heterocycles. The molecule has 1 atom stereocenters. The summed E-state index contributed by atoms with van der Waals surface area (Å²) in [4.78, 5) is 12.7. The Bertz CT molecular complexity index is 951. The Morgan fingerprint density at radius 1 is 1.31 bits per heavy atom. The van der Waals surface area contributed by atoms with Gasteiger partial charge in [0.2, 0.25) is 0 Å². The Kier molecular flexibility index (Phi) is 4.88. The van der Waals surface area contributed by atoms with Crippen molar-refractivity contribution in [1.29, 1.82) is 0 Å². The van der Waals surface area contributed by atoms with E-state index in [4.69, 9.17) is 11.6 Å². The Hall–Kier alpha value is -1.86. The van der Waals surface area contributed by atoms with Crippen LogP contribution in [0.25, 0.3) is 0 Å². The smallest absolute Gasteiger partial charge is 0.256 e. The second-order valence-corrected chi connectivity index (χ2v) is 9.79. The van der Waals surface area contributed by atoms with Gasteiger partial charge in [-0.05, 0) is 32.8 Å². The lowest BCUT2D eigenvalue weighted by Gasteiger charge is -2.23. The van der Waals surface area contributed by atoms with E-state index in [9.17, 15) is 13.2 Å². The van der Waals surface area contributed by atoms with Gasteiger partial charge >= 0.3 is 0 Å². The minimum Gasteiger partial charge on any atom is -0.346 e. The van der Waals surface area contributed by atoms with E-state index in [1.807, 2.05) is 31.2 Å². The monoisotopic (exact) mass is 395 g/mol. The number of halogens is 1. The van der Waals surface area contributed by atoms with E-state index in [0.29, 0.717) is 24.2 Å². The first-order chi connectivity index (χ1) is 12.1. The summed E-state index contributed by atoms with van der Waals surface area (Å²) >= 11 is 6.41. The zero-order valence-electron chi connectivity index (χ0n) is 15.0. The molecule has 2 aromatic rings. The van der Waals surface area contributed by atoms with Crippen molar-refractivity contribution in [3.63, 3.8) is 0 Å². The van der Waals surface area contributed by atoms with Crippen LogP contribution in [0, 0.1) is 13.8 Å². The van der Waals surface area contributed by atoms with E-state index >= 15 is 0 Å². The van der Waals surface area contributed by atoms with Gasteiger partial charge in [-0.2, -0.15) is 5.10 Å². The van der Waals surface area contributed by atoms with Crippen molar-refractivity contribution in [3.8, 4) is 0 Å². The number of carbonyl (C=O) groups excluding carboxylic acids is 1. The maximum atomic E-state index is 12.7. The molecule has 0 aliphatic carbocycles. The Balaban J connectivity index is 1.81. The summed E-state index contributed by atoms with van der Waals surface area (Å²) in [6, 6.07) is 8.00. The summed E-state index contributed by atoms with van der Waals surface area (Å²) in [5.74, 6) is -0.356. The van der Waals surface area contributed by atoms with Crippen LogP contribution in [-0.4, -0.2) is 41.2 Å². The van der Waals surface area contributed by atoms with Crippen molar-refractivity contribution >= 4 is 27.3 Å². The Morgan fingerprint density at radius 3 is 2.54 bits per heavy atom. The van der Waals surface area contributed by atoms with Crippen LogP contribution in [0.5, 0.6) is 0 Å². The number of carbonyl (C=O) groups is 1. The summed E-state index contributed by atoms with van der Waals surface area (Å²) < 4.78 is 25.1. The van der Waals surface area contributed by atoms with Crippen molar-refractivity contribution in [2.24, 2.45) is 0 Å². The van der Waals surface area contributed by atoms with E-state index in [1.54, 1.807) is 18.5 Å². The lowest BCUT2D eigenvalue weighted by atomic mass is 10.0. The molecule has 3 rings (SSSR count). The van der Waals surface area contributed by atoms with Gasteiger partial charge in [-0.15, -0.1) is 0 Å². The zero-order valence-corrected chi connectivity index (χ0v) is 16.6. The van der Waals surface area contributed by atoms with Crippen LogP contribution in [0.15, 0.2) is 24.3 Å². The molecule has 26 heavy (non-hydrogen) atoms. The van der Waals surface area contributed by atoms with Crippen molar-refractivity contribution in [2.45, 2.75) is 39.3 Å². The summed E-state index contributed by atoms with van der Waals surface area (Å²) in [6.07, 6.45) is 0.398. The molecule has 0 spiro atoms. The largest absolute Gasteiger partial charge is 0.346 e. The van der Waals surface area contributed by atoms with E-state index in [2.05, 4.69) is 10.4 Å². The molecule has 1 aromatic carbocycles. The first-order valence-corrected chi connectivity index (χ1v) is 10.6. The average Bonchev–Trinajstić information content (AvgIpc) is 2.97. The summed E-state index contributed by atoms with van der Waals surface area (Å²) in [7, 11) is -3.11. The van der Waals surface area contributed by atoms with Crippen molar-refractivity contribution < 1.29 is 13.2 Å². The zero-order chi connectivity index (χ0) is 19.1. The van der Waals surface area contributed by atoms with Gasteiger partial charge in [-0.3, -0.25) is 4.79 Å². The first-order valence-electron chi connectivity index (χ1n) is 8.40. The number of nitrogens with one attached hydrogen (secondary N) is 1. The van der Waals surface area contributed by atoms with Gasteiger partial charge in [0, 0.05) is 0 Å². The lowest BCUT2D eigenvalue weighted by Crippen LogP contribution is -2.47. The third-order valence-electron chi connectivity index (χ3n) is 4.66. The van der Waals surface area contributed by atoms with Crippen molar-refractivity contribution in [3.05, 3.63) is 51.8 Å². The predicted molar refractivity (Wildman–Crippen MR) is 101 cm³/mol. The topological polar surface area (TPSA) is 81.1 Å². The number of amides is 1. The maximum absolute atomic E-state index is 12.7. The van der Waals surface area contributed by atoms with Crippen LogP contribution < -0.4 is 5.32 Å². The predicted octanol–water partition coefficient (Wildman–Crippen LogP) is 2.51. The fraction of sp³-hybridized carbons (Fsp3) is 0.444. The second-order valence-electron chi connectivity index (χ2n) is 7.25. The van der Waals surface area contributed by atoms with Gasteiger partial charge in [0.05, 0.1) is 34.8 Å². The van der Waals surface area contributed by atoms with Crippen LogP contribution >= 0.6 is 11.6 Å². The molecule has 1 aliphatic rings. The standard InChI is InChI=1S/C18H22ClN3O3S/c1-12-4-6-14(7-5-12)10-22-16(19)15(13(2)21-22)17(23)20-18(3)8-9-26(24,25)11-18/h4-7H,8-11H2,1-3H3,(H,20,23)/t18-/m1/s1. The van der Waals surface area contributed by atoms with Gasteiger partial charge < -0.3 is 5.32 Å². The first kappa shape index (κ1) is 18.9. The highest BCUT2D eigenvalue weighted by Gasteiger charge is 2.40. The minimum atomic E-state index is -3.11. The van der Waals surface area contributed by atoms with Gasteiger partial charge in [-0.1, -0.05) is 41.4 Å². The molecule has 140 valence electrons. The second kappa shape index (κ2) is 6.70. The number of aryl methyl sites for hydroxylation is 2. The minimum absolute atomic E-state index is 0.0556. The molecule has 0 radical (unpaired) electrons. The van der Waals surface area contributed by atoms with Gasteiger partial charge in [0.1, 0.15) is 5.15 Å². The molecule has 1 fully saturated rings. The Labute approximate surface area is 158 Å². The van der Waals surface area contributed by atoms with E-state index < -0.39 is 15.4 Å². The average molecular weight is 396 g/mol. The molecule has 1 saturated heterocycles. The van der Waals surface area contributed by atoms with Gasteiger partial charge in [0.25, 0.3) is 5.91 Å². The fourth-order valence-electron chi connectivity index (χ4n) is 3.23. The molecule has 0 saturated carbocycles. The fourth-order valence-corrected chi connectivity index (χ4v) is 5.64. The number of rotatable bonds is 4. The molecule has 1 aromatic heterocycles. The SMILES string of the molecule is Cc1ccc(Cn2nc(C)c(C(=O)N[C@]3(C)CCS(=O)(=O)C3)c2Cl)cc1. The van der Waals surface area contributed by atoms with E-state index in [1.165, 1.54) is 0 Å². The lowest BCUT2D eigenvalue weighted by molar-refractivity contribution is 0.0915. The molecule has 0 unspecified atom stereocenters. The summed E-state index contributed by atoms with van der Waals surface area (Å²) in [5.41, 5.74) is 2.23. The normalized spacial score (nSPS) is 21.7. The number of hydrogen-bond donors (Lipinski definition) is 1. The number of benzene rings is 1. The molecule has 6 nitrogen and oxygen atoms in total. The van der Waals surface area contributed by atoms with E-state index in [0.717, 1.165) is 11.1 Å². The van der Waals surface area contributed by atoms with Crippen LogP contribution in [0.1, 0.15) is 40.5 Å². The molecule has 8 heteroatoms. The molecule has 0 bridgehead atoms. The quantitative estimate of drug-likeness (QED) is 0.862. The van der Waals surface area contributed by atoms with Crippen LogP contribution in [-0.2, 0) is 16.4 Å². The van der Waals surface area contributed by atoms with Crippen LogP contribution in [0.2, 0.25) is 5.15 Å². The Morgan fingerprint density at radius 2 is 1.96 bits per heavy atom. The molecule has 1 N–H and O–H groups in total.